The van der Waals surface area contributed by atoms with Crippen LogP contribution in [0.2, 0.25) is 0 Å². The number of hydrogen-bond donors (Lipinski definition) is 2. The van der Waals surface area contributed by atoms with Gasteiger partial charge in [0.05, 0.1) is 25.5 Å². The molecule has 0 spiro atoms. The van der Waals surface area contributed by atoms with Crippen LogP contribution < -0.4 is 11.2 Å². The Labute approximate surface area is 175 Å². The van der Waals surface area contributed by atoms with Crippen LogP contribution in [0.25, 0.3) is 0 Å². The Hall–Kier alpha value is -1.84. The minimum absolute atomic E-state index is 0. The molecule has 1 aliphatic heterocycles. The van der Waals surface area contributed by atoms with Gasteiger partial charge in [0.2, 0.25) is 5.82 Å². The average Bonchev–Trinajstić information content (AvgIpc) is 3.18. The number of aromatic amines is 1. The molecule has 0 amide bonds. The summed E-state index contributed by atoms with van der Waals surface area (Å²) in [5.41, 5.74) is -0.902. The molecule has 0 radical (unpaired) electrons. The molecule has 1 unspecified atom stereocenters. The second kappa shape index (κ2) is 11.5. The number of ether oxygens (including phenoxy) is 1. The Morgan fingerprint density at radius 1 is 1.43 bits per heavy atom. The van der Waals surface area contributed by atoms with E-state index in [-0.39, 0.29) is 14.6 Å². The number of allylic oxidation sites excluding steroid dienone is 2. The lowest BCUT2D eigenvalue weighted by Gasteiger charge is -2.18. The Morgan fingerprint density at radius 2 is 2.17 bits per heavy atom. The number of H-pyrrole nitrogens is 1. The number of halogens is 1. The molecule has 0 bridgehead atoms. The Bertz CT molecular complexity index is 917. The Morgan fingerprint density at radius 3 is 2.83 bits per heavy atom. The maximum Gasteiger partial charge on any atom is 0.472 e. The molecule has 1 saturated heterocycles. The van der Waals surface area contributed by atoms with Crippen LogP contribution in [-0.2, 0) is 18.3 Å². The normalized spacial score (nSPS) is 23.1. The predicted octanol–water partition coefficient (Wildman–Crippen LogP) is 3.43. The van der Waals surface area contributed by atoms with E-state index >= 15 is 0 Å². The van der Waals surface area contributed by atoms with Gasteiger partial charge in [-0.25, -0.2) is 9.36 Å². The van der Waals surface area contributed by atoms with E-state index < -0.39 is 37.2 Å². The van der Waals surface area contributed by atoms with Crippen molar-refractivity contribution < 1.29 is 29.1 Å². The van der Waals surface area contributed by atoms with Crippen molar-refractivity contribution in [2.45, 2.75) is 57.8 Å². The summed E-state index contributed by atoms with van der Waals surface area (Å²) in [6.07, 6.45) is 7.93. The zero-order chi connectivity index (χ0) is 22.1. The van der Waals surface area contributed by atoms with Crippen molar-refractivity contribution in [3.05, 3.63) is 57.2 Å². The van der Waals surface area contributed by atoms with E-state index in [1.165, 1.54) is 0 Å². The van der Waals surface area contributed by atoms with Crippen LogP contribution in [0.4, 0.5) is 4.39 Å². The van der Waals surface area contributed by atoms with Gasteiger partial charge in [-0.1, -0.05) is 12.2 Å². The molecule has 3 rings (SSSR count). The average molecular weight is 448 g/mol. The first-order chi connectivity index (χ1) is 14.3. The zero-order valence-electron chi connectivity index (χ0n) is 16.9. The largest absolute Gasteiger partial charge is 0.472 e. The minimum atomic E-state index is -4.22. The van der Waals surface area contributed by atoms with Gasteiger partial charge in [0.1, 0.15) is 6.23 Å². The van der Waals surface area contributed by atoms with Crippen LogP contribution in [0.3, 0.4) is 0 Å². The van der Waals surface area contributed by atoms with Gasteiger partial charge < -0.3 is 9.63 Å². The van der Waals surface area contributed by atoms with Crippen LogP contribution in [0.5, 0.6) is 0 Å². The fourth-order valence-corrected chi connectivity index (χ4v) is 3.86. The molecule has 1 fully saturated rings. The quantitative estimate of drug-likeness (QED) is 0.484. The number of phosphoric ester groups is 1. The first-order valence-corrected chi connectivity index (χ1v) is 11.3. The van der Waals surface area contributed by atoms with Crippen molar-refractivity contribution in [3.8, 4) is 0 Å². The van der Waals surface area contributed by atoms with Gasteiger partial charge in [0.25, 0.3) is 5.56 Å². The predicted molar refractivity (Wildman–Crippen MR) is 111 cm³/mol. The fourth-order valence-electron chi connectivity index (χ4n) is 3.10. The van der Waals surface area contributed by atoms with Gasteiger partial charge in [0, 0.05) is 1.43 Å². The lowest BCUT2D eigenvalue weighted by atomic mass is 10.0. The molecule has 3 atom stereocenters. The molecule has 11 heteroatoms. The molecule has 0 saturated carbocycles. The Balaban J connectivity index is 0.00000113. The molecule has 2 aliphatic rings. The standard InChI is InChI=1S/C16H22FN2O7P.C3H6.H2/c17-13-8-19(16(21)18-15(13)20)14-7-6-12(26-14)10-25-27(22,23)24-9-11-4-2-1-3-5-11;1-3-2;/h4,8,12,14H,1-3,5-7,9-10H2,(H,22,23)(H,18,20,21);3H,1H2,2H3;1H/t12-,14+;;/m0../s1. The van der Waals surface area contributed by atoms with Crippen LogP contribution in [0.1, 0.15) is 53.1 Å². The van der Waals surface area contributed by atoms with Crippen LogP contribution in [0.15, 0.2) is 40.1 Å². The molecule has 170 valence electrons. The molecule has 1 aromatic heterocycles. The zero-order valence-corrected chi connectivity index (χ0v) is 17.8. The summed E-state index contributed by atoms with van der Waals surface area (Å²) in [6, 6.07) is 0. The molecule has 1 aliphatic carbocycles. The molecule has 30 heavy (non-hydrogen) atoms. The van der Waals surface area contributed by atoms with E-state index in [9.17, 15) is 23.4 Å². The van der Waals surface area contributed by atoms with E-state index in [1.54, 1.807) is 6.08 Å². The maximum atomic E-state index is 13.4. The van der Waals surface area contributed by atoms with Gasteiger partial charge in [-0.2, -0.15) is 4.39 Å². The molecule has 1 aromatic rings. The third kappa shape index (κ3) is 7.45. The summed E-state index contributed by atoms with van der Waals surface area (Å²) in [6.45, 7) is 5.10. The molecular weight excluding hydrogens is 418 g/mol. The van der Waals surface area contributed by atoms with Gasteiger partial charge >= 0.3 is 13.5 Å². The highest BCUT2D eigenvalue weighted by Gasteiger charge is 2.31. The number of hydrogen-bond acceptors (Lipinski definition) is 6. The second-order valence-corrected chi connectivity index (χ2v) is 8.44. The summed E-state index contributed by atoms with van der Waals surface area (Å²) in [7, 11) is -4.22. The first-order valence-electron chi connectivity index (χ1n) is 9.79. The number of nitrogens with one attached hydrogen (secondary N) is 1. The molecule has 0 aromatic carbocycles. The summed E-state index contributed by atoms with van der Waals surface area (Å²) < 4.78 is 41.9. The van der Waals surface area contributed by atoms with Gasteiger partial charge in [-0.3, -0.25) is 23.4 Å². The molecule has 2 N–H and O–H groups in total. The van der Waals surface area contributed by atoms with Gasteiger partial charge in [-0.15, -0.1) is 6.58 Å². The van der Waals surface area contributed by atoms with Crippen molar-refractivity contribution in [1.82, 2.24) is 9.55 Å². The van der Waals surface area contributed by atoms with E-state index in [1.807, 2.05) is 18.0 Å². The summed E-state index contributed by atoms with van der Waals surface area (Å²) in [5.74, 6) is -1.09. The highest BCUT2D eigenvalue weighted by molar-refractivity contribution is 7.47. The van der Waals surface area contributed by atoms with Crippen molar-refractivity contribution in [2.75, 3.05) is 13.2 Å². The fraction of sp³-hybridized carbons (Fsp3) is 0.579. The van der Waals surface area contributed by atoms with Gasteiger partial charge in [0.15, 0.2) is 0 Å². The summed E-state index contributed by atoms with van der Waals surface area (Å²) >= 11 is 0. The minimum Gasteiger partial charge on any atom is -0.352 e. The first kappa shape index (κ1) is 24.4. The molecule has 2 heterocycles. The SMILES string of the molecule is C=CC.O=c1[nH]c(=O)n([C@H]2CC[C@@H](COP(=O)(O)OCC3=CCCCC3)O2)cc1F.[HH]. The van der Waals surface area contributed by atoms with Gasteiger partial charge in [-0.05, 0) is 51.0 Å². The molecule has 9 nitrogen and oxygen atoms in total. The summed E-state index contributed by atoms with van der Waals surface area (Å²) in [4.78, 5) is 34.5. The van der Waals surface area contributed by atoms with E-state index in [2.05, 4.69) is 6.58 Å². The highest BCUT2D eigenvalue weighted by atomic mass is 31.2. The second-order valence-electron chi connectivity index (χ2n) is 6.99. The van der Waals surface area contributed by atoms with Crippen molar-refractivity contribution in [1.29, 1.82) is 0 Å². The monoisotopic (exact) mass is 448 g/mol. The Kier molecular flexibility index (Phi) is 9.38. The van der Waals surface area contributed by atoms with E-state index in [4.69, 9.17) is 13.8 Å². The molecular formula is C19H30FN2O7P. The van der Waals surface area contributed by atoms with Crippen LogP contribution in [0, 0.1) is 5.82 Å². The third-order valence-corrected chi connectivity index (χ3v) is 5.47. The lowest BCUT2D eigenvalue weighted by Crippen LogP contribution is -2.34. The third-order valence-electron chi connectivity index (χ3n) is 4.54. The lowest BCUT2D eigenvalue weighted by molar-refractivity contribution is -0.0261. The van der Waals surface area contributed by atoms with Crippen LogP contribution >= 0.6 is 7.82 Å². The van der Waals surface area contributed by atoms with Crippen LogP contribution in [-0.4, -0.2) is 33.8 Å². The van der Waals surface area contributed by atoms with Crippen molar-refractivity contribution in [2.24, 2.45) is 0 Å². The number of rotatable bonds is 7. The van der Waals surface area contributed by atoms with Crippen molar-refractivity contribution >= 4 is 7.82 Å². The van der Waals surface area contributed by atoms with Crippen molar-refractivity contribution in [3.63, 3.8) is 0 Å². The smallest absolute Gasteiger partial charge is 0.352 e. The van der Waals surface area contributed by atoms with E-state index in [0.717, 1.165) is 42.0 Å². The highest BCUT2D eigenvalue weighted by Crippen LogP contribution is 2.45. The number of phosphoric acid groups is 1. The number of aromatic nitrogens is 2. The summed E-state index contributed by atoms with van der Waals surface area (Å²) in [5, 5.41) is 0. The number of nitrogens with zero attached hydrogens (tertiary/aromatic N) is 1. The van der Waals surface area contributed by atoms with E-state index in [0.29, 0.717) is 12.8 Å². The topological polar surface area (TPSA) is 120 Å². The maximum absolute atomic E-state index is 13.4.